The fourth-order valence-corrected chi connectivity index (χ4v) is 1.81. The maximum Gasteiger partial charge on any atom is 0.315 e. The van der Waals surface area contributed by atoms with Crippen molar-refractivity contribution in [1.29, 1.82) is 0 Å². The normalized spacial score (nSPS) is 20.4. The van der Waals surface area contributed by atoms with Crippen molar-refractivity contribution in [3.63, 3.8) is 0 Å². The first-order chi connectivity index (χ1) is 7.65. The first kappa shape index (κ1) is 13.3. The summed E-state index contributed by atoms with van der Waals surface area (Å²) in [5, 5.41) is 3.18. The fourth-order valence-electron chi connectivity index (χ4n) is 1.81. The average molecular weight is 236 g/mol. The van der Waals surface area contributed by atoms with E-state index in [-0.39, 0.29) is 19.2 Å². The highest BCUT2D eigenvalue weighted by Crippen LogP contribution is 2.09. The molecule has 1 atom stereocenters. The van der Waals surface area contributed by atoms with Crippen LogP contribution in [0.5, 0.6) is 0 Å². The first-order valence-corrected chi connectivity index (χ1v) is 5.44. The molecule has 4 nitrogen and oxygen atoms in total. The second-order valence-corrected chi connectivity index (χ2v) is 3.87. The predicted octanol–water partition coefficient (Wildman–Crippen LogP) is 0.478. The lowest BCUT2D eigenvalue weighted by molar-refractivity contribution is -0.143. The lowest BCUT2D eigenvalue weighted by Crippen LogP contribution is -2.45. The SMILES string of the molecule is COCCN(CC1CCCN1)C(=O)C(F)F. The second kappa shape index (κ2) is 6.75. The Morgan fingerprint density at radius 2 is 2.38 bits per heavy atom. The van der Waals surface area contributed by atoms with Crippen molar-refractivity contribution in [3.8, 4) is 0 Å². The van der Waals surface area contributed by atoms with Crippen molar-refractivity contribution >= 4 is 5.91 Å². The third-order valence-electron chi connectivity index (χ3n) is 2.67. The summed E-state index contributed by atoms with van der Waals surface area (Å²) in [4.78, 5) is 12.4. The Balaban J connectivity index is 2.44. The van der Waals surface area contributed by atoms with E-state index in [1.165, 1.54) is 12.0 Å². The van der Waals surface area contributed by atoms with Gasteiger partial charge in [-0.15, -0.1) is 0 Å². The molecule has 1 unspecified atom stereocenters. The van der Waals surface area contributed by atoms with Crippen LogP contribution in [0.4, 0.5) is 8.78 Å². The Morgan fingerprint density at radius 1 is 1.62 bits per heavy atom. The second-order valence-electron chi connectivity index (χ2n) is 3.87. The van der Waals surface area contributed by atoms with Gasteiger partial charge in [-0.3, -0.25) is 4.79 Å². The van der Waals surface area contributed by atoms with Crippen LogP contribution in [0.25, 0.3) is 0 Å². The van der Waals surface area contributed by atoms with E-state index in [1.807, 2.05) is 0 Å². The summed E-state index contributed by atoms with van der Waals surface area (Å²) in [7, 11) is 1.48. The third-order valence-corrected chi connectivity index (χ3v) is 2.67. The molecular formula is C10H18F2N2O2. The molecule has 1 aliphatic heterocycles. The topological polar surface area (TPSA) is 41.6 Å². The van der Waals surface area contributed by atoms with Crippen molar-refractivity contribution < 1.29 is 18.3 Å². The van der Waals surface area contributed by atoms with Gasteiger partial charge in [-0.25, -0.2) is 0 Å². The van der Waals surface area contributed by atoms with Crippen LogP contribution in [0.15, 0.2) is 0 Å². The molecule has 1 saturated heterocycles. The van der Waals surface area contributed by atoms with Crippen LogP contribution in [0.3, 0.4) is 0 Å². The Morgan fingerprint density at radius 3 is 2.88 bits per heavy atom. The lowest BCUT2D eigenvalue weighted by Gasteiger charge is -2.25. The number of amides is 1. The molecular weight excluding hydrogens is 218 g/mol. The molecule has 0 saturated carbocycles. The van der Waals surface area contributed by atoms with Gasteiger partial charge in [-0.05, 0) is 19.4 Å². The van der Waals surface area contributed by atoms with E-state index in [0.29, 0.717) is 6.54 Å². The zero-order chi connectivity index (χ0) is 12.0. The number of nitrogens with zero attached hydrogens (tertiary/aromatic N) is 1. The summed E-state index contributed by atoms with van der Waals surface area (Å²) in [5.74, 6) is -1.11. The van der Waals surface area contributed by atoms with Gasteiger partial charge in [-0.1, -0.05) is 0 Å². The molecule has 6 heteroatoms. The van der Waals surface area contributed by atoms with E-state index in [0.717, 1.165) is 19.4 Å². The van der Waals surface area contributed by atoms with Crippen LogP contribution >= 0.6 is 0 Å². The molecule has 1 rings (SSSR count). The zero-order valence-electron chi connectivity index (χ0n) is 9.42. The molecule has 0 aromatic carbocycles. The summed E-state index contributed by atoms with van der Waals surface area (Å²) < 4.78 is 29.5. The minimum atomic E-state index is -2.93. The molecule has 0 aromatic rings. The lowest BCUT2D eigenvalue weighted by atomic mass is 10.2. The van der Waals surface area contributed by atoms with Crippen molar-refractivity contribution in [2.24, 2.45) is 0 Å². The van der Waals surface area contributed by atoms with Gasteiger partial charge >= 0.3 is 6.43 Å². The Labute approximate surface area is 93.9 Å². The van der Waals surface area contributed by atoms with E-state index in [4.69, 9.17) is 4.74 Å². The summed E-state index contributed by atoms with van der Waals surface area (Å²) in [6.07, 6.45) is -0.968. The Hall–Kier alpha value is -0.750. The van der Waals surface area contributed by atoms with Gasteiger partial charge in [0.2, 0.25) is 0 Å². The molecule has 0 spiro atoms. The molecule has 0 aromatic heterocycles. The highest BCUT2D eigenvalue weighted by atomic mass is 19.3. The van der Waals surface area contributed by atoms with Crippen molar-refractivity contribution in [3.05, 3.63) is 0 Å². The molecule has 0 radical (unpaired) electrons. The summed E-state index contributed by atoms with van der Waals surface area (Å²) in [6, 6.07) is 0.138. The average Bonchev–Trinajstić information content (AvgIpc) is 2.75. The number of rotatable bonds is 6. The number of carbonyl (C=O) groups excluding carboxylic acids is 1. The number of hydrogen-bond acceptors (Lipinski definition) is 3. The Bertz CT molecular complexity index is 221. The van der Waals surface area contributed by atoms with E-state index in [2.05, 4.69) is 5.32 Å². The third kappa shape index (κ3) is 4.02. The van der Waals surface area contributed by atoms with E-state index >= 15 is 0 Å². The highest BCUT2D eigenvalue weighted by molar-refractivity contribution is 5.79. The predicted molar refractivity (Wildman–Crippen MR) is 55.5 cm³/mol. The van der Waals surface area contributed by atoms with Gasteiger partial charge in [0.05, 0.1) is 6.61 Å². The van der Waals surface area contributed by atoms with Gasteiger partial charge in [0, 0.05) is 26.2 Å². The van der Waals surface area contributed by atoms with Gasteiger partial charge in [0.15, 0.2) is 0 Å². The molecule has 1 N–H and O–H groups in total. The molecule has 0 bridgehead atoms. The molecule has 1 fully saturated rings. The van der Waals surface area contributed by atoms with Crippen LogP contribution in [-0.2, 0) is 9.53 Å². The van der Waals surface area contributed by atoms with Crippen LogP contribution in [-0.4, -0.2) is 56.6 Å². The van der Waals surface area contributed by atoms with Crippen molar-refractivity contribution in [2.45, 2.75) is 25.3 Å². The summed E-state index contributed by atoms with van der Waals surface area (Å²) >= 11 is 0. The number of carbonyl (C=O) groups is 1. The maximum absolute atomic E-state index is 12.3. The standard InChI is InChI=1S/C10H18F2N2O2/c1-16-6-5-14(10(15)9(11)12)7-8-3-2-4-13-8/h8-9,13H,2-7H2,1H3. The monoisotopic (exact) mass is 236 g/mol. The van der Waals surface area contributed by atoms with Gasteiger partial charge < -0.3 is 15.0 Å². The molecule has 1 heterocycles. The highest BCUT2D eigenvalue weighted by Gasteiger charge is 2.26. The molecule has 1 amide bonds. The largest absolute Gasteiger partial charge is 0.383 e. The first-order valence-electron chi connectivity index (χ1n) is 5.44. The zero-order valence-corrected chi connectivity index (χ0v) is 9.42. The molecule has 0 aliphatic carbocycles. The number of nitrogens with one attached hydrogen (secondary N) is 1. The molecule has 94 valence electrons. The minimum Gasteiger partial charge on any atom is -0.383 e. The van der Waals surface area contributed by atoms with Crippen LogP contribution in [0.1, 0.15) is 12.8 Å². The van der Waals surface area contributed by atoms with Gasteiger partial charge in [-0.2, -0.15) is 8.78 Å². The summed E-state index contributed by atoms with van der Waals surface area (Å²) in [6.45, 7) is 1.74. The van der Waals surface area contributed by atoms with Gasteiger partial charge in [0.25, 0.3) is 5.91 Å². The fraction of sp³-hybridized carbons (Fsp3) is 0.900. The number of alkyl halides is 2. The number of halogens is 2. The molecule has 16 heavy (non-hydrogen) atoms. The van der Waals surface area contributed by atoms with Crippen LogP contribution in [0.2, 0.25) is 0 Å². The van der Waals surface area contributed by atoms with Crippen LogP contribution < -0.4 is 5.32 Å². The van der Waals surface area contributed by atoms with Crippen molar-refractivity contribution in [2.75, 3.05) is 33.4 Å². The van der Waals surface area contributed by atoms with Gasteiger partial charge in [0.1, 0.15) is 0 Å². The maximum atomic E-state index is 12.3. The quantitative estimate of drug-likeness (QED) is 0.729. The number of methoxy groups -OCH3 is 1. The number of hydrogen-bond donors (Lipinski definition) is 1. The van der Waals surface area contributed by atoms with E-state index < -0.39 is 12.3 Å². The van der Waals surface area contributed by atoms with E-state index in [1.54, 1.807) is 0 Å². The number of ether oxygens (including phenoxy) is 1. The van der Waals surface area contributed by atoms with E-state index in [9.17, 15) is 13.6 Å². The van der Waals surface area contributed by atoms with Crippen LogP contribution in [0, 0.1) is 0 Å². The Kier molecular flexibility index (Phi) is 5.62. The molecule has 1 aliphatic rings. The summed E-state index contributed by atoms with van der Waals surface area (Å²) in [5.41, 5.74) is 0. The smallest absolute Gasteiger partial charge is 0.315 e. The minimum absolute atomic E-state index is 0.138. The van der Waals surface area contributed by atoms with Crippen molar-refractivity contribution in [1.82, 2.24) is 10.2 Å².